The topological polar surface area (TPSA) is 20.2 Å². The molecule has 1 fully saturated rings. The lowest BCUT2D eigenvalue weighted by molar-refractivity contribution is 0.0737. The molecule has 0 bridgehead atoms. The van der Waals surface area contributed by atoms with Crippen molar-refractivity contribution in [1.82, 2.24) is 0 Å². The van der Waals surface area contributed by atoms with Gasteiger partial charge < -0.3 is 5.11 Å². The first-order valence-electron chi connectivity index (χ1n) is 4.72. The lowest BCUT2D eigenvalue weighted by atomic mass is 9.72. The molecule has 2 unspecified atom stereocenters. The van der Waals surface area contributed by atoms with Gasteiger partial charge >= 0.3 is 0 Å². The summed E-state index contributed by atoms with van der Waals surface area (Å²) < 4.78 is 0. The molecule has 1 N–H and O–H groups in total. The standard InChI is InChI=1S/C10H16O/c11-10-7-3-5-8-4-1-2-6-9(8)10/h3,7-11H,1-2,4-6H2/t8-,9?,10?/m0/s1. The highest BCUT2D eigenvalue weighted by molar-refractivity contribution is 5.01. The molecule has 2 aliphatic carbocycles. The third-order valence-electron chi connectivity index (χ3n) is 3.18. The van der Waals surface area contributed by atoms with E-state index in [-0.39, 0.29) is 6.10 Å². The number of aliphatic hydroxyl groups excluding tert-OH is 1. The summed E-state index contributed by atoms with van der Waals surface area (Å²) in [5.74, 6) is 1.39. The van der Waals surface area contributed by atoms with Crippen molar-refractivity contribution in [2.45, 2.75) is 38.2 Å². The number of allylic oxidation sites excluding steroid dienone is 1. The number of hydrogen-bond acceptors (Lipinski definition) is 1. The molecule has 0 radical (unpaired) electrons. The Morgan fingerprint density at radius 3 is 2.82 bits per heavy atom. The Labute approximate surface area is 68.1 Å². The van der Waals surface area contributed by atoms with Gasteiger partial charge in [0.25, 0.3) is 0 Å². The normalized spacial score (nSPS) is 43.5. The molecule has 1 nitrogen and oxygen atoms in total. The quantitative estimate of drug-likeness (QED) is 0.527. The van der Waals surface area contributed by atoms with Crippen LogP contribution in [0.25, 0.3) is 0 Å². The summed E-state index contributed by atoms with van der Waals surface area (Å²) >= 11 is 0. The highest BCUT2D eigenvalue weighted by Crippen LogP contribution is 2.37. The molecule has 0 aliphatic heterocycles. The van der Waals surface area contributed by atoms with Crippen molar-refractivity contribution < 1.29 is 5.11 Å². The number of hydrogen-bond donors (Lipinski definition) is 1. The molecule has 0 heterocycles. The first-order valence-corrected chi connectivity index (χ1v) is 4.72. The monoisotopic (exact) mass is 152 g/mol. The summed E-state index contributed by atoms with van der Waals surface area (Å²) in [6.45, 7) is 0. The van der Waals surface area contributed by atoms with Crippen LogP contribution in [0.2, 0.25) is 0 Å². The molecular weight excluding hydrogens is 136 g/mol. The Kier molecular flexibility index (Phi) is 1.99. The van der Waals surface area contributed by atoms with E-state index in [1.165, 1.54) is 32.1 Å². The van der Waals surface area contributed by atoms with Crippen LogP contribution in [0.1, 0.15) is 32.1 Å². The molecule has 0 spiro atoms. The zero-order valence-corrected chi connectivity index (χ0v) is 6.87. The Bertz CT molecular complexity index is 162. The van der Waals surface area contributed by atoms with Crippen LogP contribution in [0.15, 0.2) is 12.2 Å². The molecule has 1 saturated carbocycles. The summed E-state index contributed by atoms with van der Waals surface area (Å²) in [7, 11) is 0. The molecule has 0 amide bonds. The van der Waals surface area contributed by atoms with Gasteiger partial charge in [0.1, 0.15) is 0 Å². The maximum Gasteiger partial charge on any atom is 0.0751 e. The van der Waals surface area contributed by atoms with Crippen LogP contribution in [0.5, 0.6) is 0 Å². The van der Waals surface area contributed by atoms with E-state index in [4.69, 9.17) is 0 Å². The van der Waals surface area contributed by atoms with Crippen molar-refractivity contribution in [2.24, 2.45) is 11.8 Å². The average molecular weight is 152 g/mol. The second kappa shape index (κ2) is 2.98. The van der Waals surface area contributed by atoms with Crippen LogP contribution in [-0.4, -0.2) is 11.2 Å². The number of fused-ring (bicyclic) bond motifs is 1. The third-order valence-corrected chi connectivity index (χ3v) is 3.18. The van der Waals surface area contributed by atoms with Crippen molar-refractivity contribution in [3.63, 3.8) is 0 Å². The summed E-state index contributed by atoms with van der Waals surface area (Å²) in [5, 5.41) is 9.62. The first kappa shape index (κ1) is 7.35. The molecule has 0 aromatic carbocycles. The summed E-state index contributed by atoms with van der Waals surface area (Å²) in [6.07, 6.45) is 10.5. The molecule has 0 aromatic rings. The lowest BCUT2D eigenvalue weighted by Crippen LogP contribution is -2.31. The molecule has 11 heavy (non-hydrogen) atoms. The van der Waals surface area contributed by atoms with Crippen molar-refractivity contribution in [3.05, 3.63) is 12.2 Å². The van der Waals surface area contributed by atoms with E-state index in [0.29, 0.717) is 5.92 Å². The molecule has 2 rings (SSSR count). The van der Waals surface area contributed by atoms with Gasteiger partial charge in [-0.05, 0) is 31.1 Å². The predicted molar refractivity (Wildman–Crippen MR) is 45.2 cm³/mol. The fraction of sp³-hybridized carbons (Fsp3) is 0.800. The largest absolute Gasteiger partial charge is 0.389 e. The Balaban J connectivity index is 2.08. The molecular formula is C10H16O. The van der Waals surface area contributed by atoms with Crippen molar-refractivity contribution in [2.75, 3.05) is 0 Å². The van der Waals surface area contributed by atoms with Gasteiger partial charge in [-0.15, -0.1) is 0 Å². The summed E-state index contributed by atoms with van der Waals surface area (Å²) in [4.78, 5) is 0. The number of aliphatic hydroxyl groups is 1. The van der Waals surface area contributed by atoms with Crippen LogP contribution in [-0.2, 0) is 0 Å². The Morgan fingerprint density at radius 2 is 2.00 bits per heavy atom. The molecule has 1 heteroatoms. The summed E-state index contributed by atoms with van der Waals surface area (Å²) in [5.41, 5.74) is 0. The second-order valence-corrected chi connectivity index (χ2v) is 3.86. The second-order valence-electron chi connectivity index (χ2n) is 3.86. The van der Waals surface area contributed by atoms with Gasteiger partial charge in [0.05, 0.1) is 6.10 Å². The Morgan fingerprint density at radius 1 is 1.18 bits per heavy atom. The smallest absolute Gasteiger partial charge is 0.0751 e. The SMILES string of the molecule is OC1C=CC[C@@H]2CCCCC12. The minimum atomic E-state index is -0.131. The zero-order chi connectivity index (χ0) is 7.68. The predicted octanol–water partition coefficient (Wildman–Crippen LogP) is 2.11. The fourth-order valence-electron chi connectivity index (χ4n) is 2.51. The van der Waals surface area contributed by atoms with Crippen LogP contribution in [0.4, 0.5) is 0 Å². The first-order chi connectivity index (χ1) is 5.38. The molecule has 62 valence electrons. The van der Waals surface area contributed by atoms with E-state index in [1.807, 2.05) is 6.08 Å². The van der Waals surface area contributed by atoms with Crippen LogP contribution >= 0.6 is 0 Å². The van der Waals surface area contributed by atoms with Gasteiger partial charge in [0, 0.05) is 0 Å². The van der Waals surface area contributed by atoms with Gasteiger partial charge in [-0.2, -0.15) is 0 Å². The fourth-order valence-corrected chi connectivity index (χ4v) is 2.51. The summed E-state index contributed by atoms with van der Waals surface area (Å²) in [6, 6.07) is 0. The zero-order valence-electron chi connectivity index (χ0n) is 6.87. The van der Waals surface area contributed by atoms with E-state index in [0.717, 1.165) is 5.92 Å². The van der Waals surface area contributed by atoms with E-state index >= 15 is 0 Å². The van der Waals surface area contributed by atoms with E-state index in [9.17, 15) is 5.11 Å². The van der Waals surface area contributed by atoms with Gasteiger partial charge in [0.15, 0.2) is 0 Å². The molecule has 3 atom stereocenters. The van der Waals surface area contributed by atoms with Crippen molar-refractivity contribution in [1.29, 1.82) is 0 Å². The van der Waals surface area contributed by atoms with Gasteiger partial charge in [-0.3, -0.25) is 0 Å². The van der Waals surface area contributed by atoms with E-state index in [1.54, 1.807) is 0 Å². The van der Waals surface area contributed by atoms with Gasteiger partial charge in [-0.25, -0.2) is 0 Å². The molecule has 0 aromatic heterocycles. The van der Waals surface area contributed by atoms with Crippen LogP contribution < -0.4 is 0 Å². The van der Waals surface area contributed by atoms with Crippen LogP contribution in [0, 0.1) is 11.8 Å². The minimum Gasteiger partial charge on any atom is -0.389 e. The van der Waals surface area contributed by atoms with Crippen LogP contribution in [0.3, 0.4) is 0 Å². The highest BCUT2D eigenvalue weighted by Gasteiger charge is 2.30. The van der Waals surface area contributed by atoms with Crippen molar-refractivity contribution >= 4 is 0 Å². The van der Waals surface area contributed by atoms with Gasteiger partial charge in [-0.1, -0.05) is 25.0 Å². The number of rotatable bonds is 0. The minimum absolute atomic E-state index is 0.131. The van der Waals surface area contributed by atoms with E-state index < -0.39 is 0 Å². The maximum atomic E-state index is 9.62. The third kappa shape index (κ3) is 1.34. The molecule has 2 aliphatic rings. The molecule has 0 saturated heterocycles. The van der Waals surface area contributed by atoms with Gasteiger partial charge in [0.2, 0.25) is 0 Å². The maximum absolute atomic E-state index is 9.62. The van der Waals surface area contributed by atoms with Crippen molar-refractivity contribution in [3.8, 4) is 0 Å². The average Bonchev–Trinajstić information content (AvgIpc) is 2.06. The van der Waals surface area contributed by atoms with E-state index in [2.05, 4.69) is 6.08 Å². The lowest BCUT2D eigenvalue weighted by Gasteiger charge is -2.35. The highest BCUT2D eigenvalue weighted by atomic mass is 16.3. The Hall–Kier alpha value is -0.300.